The highest BCUT2D eigenvalue weighted by atomic mass is 79.9. The SMILES string of the molecule is O=C(O)CCC1CCCCN1C(=O)c1c(F)cccc1Br. The van der Waals surface area contributed by atoms with Crippen LogP contribution in [0.1, 0.15) is 42.5 Å². The minimum Gasteiger partial charge on any atom is -0.481 e. The van der Waals surface area contributed by atoms with Gasteiger partial charge in [0.25, 0.3) is 5.91 Å². The summed E-state index contributed by atoms with van der Waals surface area (Å²) in [4.78, 5) is 25.0. The van der Waals surface area contributed by atoms with E-state index in [1.54, 1.807) is 11.0 Å². The van der Waals surface area contributed by atoms with Crippen LogP contribution in [0, 0.1) is 5.82 Å². The van der Waals surface area contributed by atoms with E-state index in [1.807, 2.05) is 0 Å². The van der Waals surface area contributed by atoms with Crippen LogP contribution >= 0.6 is 15.9 Å². The normalized spacial score (nSPS) is 18.6. The van der Waals surface area contributed by atoms with E-state index in [9.17, 15) is 14.0 Å². The van der Waals surface area contributed by atoms with Gasteiger partial charge in [-0.15, -0.1) is 0 Å². The van der Waals surface area contributed by atoms with E-state index in [1.165, 1.54) is 12.1 Å². The van der Waals surface area contributed by atoms with Gasteiger partial charge in [0.1, 0.15) is 5.82 Å². The average molecular weight is 358 g/mol. The molecule has 0 bridgehead atoms. The van der Waals surface area contributed by atoms with Crippen LogP contribution in [0.25, 0.3) is 0 Å². The first-order valence-electron chi connectivity index (χ1n) is 6.97. The molecule has 21 heavy (non-hydrogen) atoms. The Morgan fingerprint density at radius 1 is 1.38 bits per heavy atom. The Morgan fingerprint density at radius 2 is 2.14 bits per heavy atom. The number of carbonyl (C=O) groups is 2. The zero-order chi connectivity index (χ0) is 15.4. The van der Waals surface area contributed by atoms with Gasteiger partial charge in [-0.1, -0.05) is 6.07 Å². The monoisotopic (exact) mass is 357 g/mol. The fourth-order valence-electron chi connectivity index (χ4n) is 2.70. The molecule has 1 saturated heterocycles. The van der Waals surface area contributed by atoms with Gasteiger partial charge >= 0.3 is 5.97 Å². The predicted octanol–water partition coefficient (Wildman–Crippen LogP) is 3.45. The van der Waals surface area contributed by atoms with Crippen molar-refractivity contribution in [3.05, 3.63) is 34.1 Å². The van der Waals surface area contributed by atoms with Gasteiger partial charge in [0.05, 0.1) is 5.56 Å². The molecule has 1 aliphatic rings. The molecule has 0 spiro atoms. The van der Waals surface area contributed by atoms with Gasteiger partial charge < -0.3 is 10.0 Å². The second kappa shape index (κ2) is 7.02. The number of carboxylic acids is 1. The van der Waals surface area contributed by atoms with Gasteiger partial charge in [0.15, 0.2) is 0 Å². The molecule has 1 aliphatic heterocycles. The third-order valence-electron chi connectivity index (χ3n) is 3.76. The topological polar surface area (TPSA) is 57.6 Å². The lowest BCUT2D eigenvalue weighted by atomic mass is 9.97. The minimum absolute atomic E-state index is 0.0207. The number of rotatable bonds is 4. The lowest BCUT2D eigenvalue weighted by Crippen LogP contribution is -2.44. The van der Waals surface area contributed by atoms with Crippen molar-refractivity contribution in [1.29, 1.82) is 0 Å². The number of halogens is 2. The summed E-state index contributed by atoms with van der Waals surface area (Å²) in [6, 6.07) is 4.29. The molecule has 1 atom stereocenters. The van der Waals surface area contributed by atoms with E-state index in [2.05, 4.69) is 15.9 Å². The van der Waals surface area contributed by atoms with Crippen LogP contribution in [0.4, 0.5) is 4.39 Å². The highest BCUT2D eigenvalue weighted by Gasteiger charge is 2.30. The number of carbonyl (C=O) groups excluding carboxylic acids is 1. The number of aliphatic carboxylic acids is 1. The van der Waals surface area contributed by atoms with Crippen molar-refractivity contribution in [1.82, 2.24) is 4.90 Å². The molecule has 6 heteroatoms. The highest BCUT2D eigenvalue weighted by molar-refractivity contribution is 9.10. The largest absolute Gasteiger partial charge is 0.481 e. The predicted molar refractivity (Wildman–Crippen MR) is 79.6 cm³/mol. The van der Waals surface area contributed by atoms with Gasteiger partial charge in [-0.2, -0.15) is 0 Å². The summed E-state index contributed by atoms with van der Waals surface area (Å²) in [5.74, 6) is -1.80. The maximum absolute atomic E-state index is 13.9. The average Bonchev–Trinajstić information content (AvgIpc) is 2.45. The van der Waals surface area contributed by atoms with Crippen LogP contribution < -0.4 is 0 Å². The molecule has 1 amide bonds. The number of amides is 1. The van der Waals surface area contributed by atoms with Crippen molar-refractivity contribution in [3.63, 3.8) is 0 Å². The quantitative estimate of drug-likeness (QED) is 0.897. The first kappa shape index (κ1) is 15.9. The van der Waals surface area contributed by atoms with Crippen molar-refractivity contribution in [3.8, 4) is 0 Å². The second-order valence-corrected chi connectivity index (χ2v) is 6.03. The number of carboxylic acid groups (broad SMARTS) is 1. The van der Waals surface area contributed by atoms with Gasteiger partial charge in [-0.3, -0.25) is 9.59 Å². The first-order chi connectivity index (χ1) is 10.0. The van der Waals surface area contributed by atoms with E-state index in [-0.39, 0.29) is 23.9 Å². The summed E-state index contributed by atoms with van der Waals surface area (Å²) in [7, 11) is 0. The van der Waals surface area contributed by atoms with Crippen LogP contribution in [-0.4, -0.2) is 34.5 Å². The molecular formula is C15H17BrFNO3. The molecule has 0 aliphatic carbocycles. The summed E-state index contributed by atoms with van der Waals surface area (Å²) in [5, 5.41) is 8.80. The minimum atomic E-state index is -0.875. The van der Waals surface area contributed by atoms with Crippen molar-refractivity contribution in [2.45, 2.75) is 38.1 Å². The Bertz CT molecular complexity index is 529. The van der Waals surface area contributed by atoms with E-state index in [0.717, 1.165) is 19.3 Å². The third-order valence-corrected chi connectivity index (χ3v) is 4.42. The van der Waals surface area contributed by atoms with Gasteiger partial charge in [-0.25, -0.2) is 4.39 Å². The Kier molecular flexibility index (Phi) is 5.33. The van der Waals surface area contributed by atoms with Crippen molar-refractivity contribution >= 4 is 27.8 Å². The lowest BCUT2D eigenvalue weighted by Gasteiger charge is -2.36. The van der Waals surface area contributed by atoms with Crippen LogP contribution in [-0.2, 0) is 4.79 Å². The molecule has 4 nitrogen and oxygen atoms in total. The molecule has 1 aromatic carbocycles. The standard InChI is InChI=1S/C15H17BrFNO3/c16-11-5-3-6-12(17)14(11)15(21)18-9-2-1-4-10(18)7-8-13(19)20/h3,5-6,10H,1-2,4,7-9H2,(H,19,20). The maximum atomic E-state index is 13.9. The molecule has 1 unspecified atom stereocenters. The van der Waals surface area contributed by atoms with Gasteiger partial charge in [0, 0.05) is 23.5 Å². The number of nitrogens with zero attached hydrogens (tertiary/aromatic N) is 1. The smallest absolute Gasteiger partial charge is 0.303 e. The summed E-state index contributed by atoms with van der Waals surface area (Å²) in [6.07, 6.45) is 3.03. The molecule has 0 saturated carbocycles. The Morgan fingerprint density at radius 3 is 2.81 bits per heavy atom. The summed E-state index contributed by atoms with van der Waals surface area (Å²) < 4.78 is 14.4. The van der Waals surface area contributed by atoms with Crippen molar-refractivity contribution in [2.75, 3.05) is 6.54 Å². The van der Waals surface area contributed by atoms with Crippen LogP contribution in [0.5, 0.6) is 0 Å². The molecule has 114 valence electrons. The number of piperidine rings is 1. The summed E-state index contributed by atoms with van der Waals surface area (Å²) >= 11 is 3.21. The highest BCUT2D eigenvalue weighted by Crippen LogP contribution is 2.27. The van der Waals surface area contributed by atoms with Crippen LogP contribution in [0.3, 0.4) is 0 Å². The molecule has 1 aromatic rings. The Balaban J connectivity index is 2.20. The zero-order valence-electron chi connectivity index (χ0n) is 11.5. The number of hydrogen-bond acceptors (Lipinski definition) is 2. The van der Waals surface area contributed by atoms with Crippen molar-refractivity contribution in [2.24, 2.45) is 0 Å². The molecule has 2 rings (SSSR count). The summed E-state index contributed by atoms with van der Waals surface area (Å²) in [6.45, 7) is 0.546. The van der Waals surface area contributed by atoms with E-state index in [0.29, 0.717) is 17.4 Å². The van der Waals surface area contributed by atoms with Crippen molar-refractivity contribution < 1.29 is 19.1 Å². The van der Waals surface area contributed by atoms with E-state index in [4.69, 9.17) is 5.11 Å². The second-order valence-electron chi connectivity index (χ2n) is 5.18. The molecule has 0 radical (unpaired) electrons. The fourth-order valence-corrected chi connectivity index (χ4v) is 3.22. The van der Waals surface area contributed by atoms with E-state index < -0.39 is 11.8 Å². The molecule has 1 N–H and O–H groups in total. The van der Waals surface area contributed by atoms with Crippen LogP contribution in [0.15, 0.2) is 22.7 Å². The van der Waals surface area contributed by atoms with E-state index >= 15 is 0 Å². The van der Waals surface area contributed by atoms with Gasteiger partial charge in [-0.05, 0) is 53.7 Å². The van der Waals surface area contributed by atoms with Gasteiger partial charge in [0.2, 0.25) is 0 Å². The third kappa shape index (κ3) is 3.81. The zero-order valence-corrected chi connectivity index (χ0v) is 13.1. The van der Waals surface area contributed by atoms with Crippen LogP contribution in [0.2, 0.25) is 0 Å². The lowest BCUT2D eigenvalue weighted by molar-refractivity contribution is -0.137. The Hall–Kier alpha value is -1.43. The fraction of sp³-hybridized carbons (Fsp3) is 0.467. The number of benzene rings is 1. The maximum Gasteiger partial charge on any atom is 0.303 e. The molecule has 0 aromatic heterocycles. The Labute approximate surface area is 131 Å². The molecule has 1 fully saturated rings. The number of likely N-dealkylation sites (tertiary alicyclic amines) is 1. The summed E-state index contributed by atoms with van der Waals surface area (Å²) in [5.41, 5.74) is 0.0275. The molecule has 1 heterocycles. The first-order valence-corrected chi connectivity index (χ1v) is 7.76. The molecular weight excluding hydrogens is 341 g/mol. The number of hydrogen-bond donors (Lipinski definition) is 1.